The number of aromatic amines is 1. The summed E-state index contributed by atoms with van der Waals surface area (Å²) in [5.74, 6) is -0.292. The topological polar surface area (TPSA) is 91.9 Å². The van der Waals surface area contributed by atoms with Gasteiger partial charge in [-0.3, -0.25) is 9.59 Å². The van der Waals surface area contributed by atoms with Crippen LogP contribution in [0.3, 0.4) is 0 Å². The first kappa shape index (κ1) is 16.3. The van der Waals surface area contributed by atoms with Crippen molar-refractivity contribution in [3.63, 3.8) is 0 Å². The first-order chi connectivity index (χ1) is 11.6. The van der Waals surface area contributed by atoms with Gasteiger partial charge in [-0.2, -0.15) is 0 Å². The molecule has 2 heterocycles. The molecule has 1 aliphatic heterocycles. The molecule has 1 aromatic carbocycles. The van der Waals surface area contributed by atoms with Crippen molar-refractivity contribution in [3.05, 3.63) is 30.0 Å². The van der Waals surface area contributed by atoms with E-state index < -0.39 is 12.0 Å². The number of methoxy groups -OCH3 is 1. The van der Waals surface area contributed by atoms with E-state index in [1.165, 1.54) is 0 Å². The van der Waals surface area contributed by atoms with Crippen molar-refractivity contribution in [1.29, 1.82) is 0 Å². The lowest BCUT2D eigenvalue weighted by Gasteiger charge is -2.34. The molecule has 2 N–H and O–H groups in total. The number of amides is 1. The van der Waals surface area contributed by atoms with Crippen LogP contribution in [-0.2, 0) is 20.7 Å². The van der Waals surface area contributed by atoms with Gasteiger partial charge in [-0.05, 0) is 23.8 Å². The fourth-order valence-corrected chi connectivity index (χ4v) is 3.05. The molecule has 0 radical (unpaired) electrons. The van der Waals surface area contributed by atoms with Gasteiger partial charge in [0, 0.05) is 23.6 Å². The predicted octanol–water partition coefficient (Wildman–Crippen LogP) is 1.42. The number of hydrogen-bond acceptors (Lipinski definition) is 4. The zero-order valence-electron chi connectivity index (χ0n) is 13.4. The van der Waals surface area contributed by atoms with Gasteiger partial charge in [0.25, 0.3) is 0 Å². The van der Waals surface area contributed by atoms with E-state index in [2.05, 4.69) is 4.98 Å². The lowest BCUT2D eigenvalue weighted by molar-refractivity contribution is -0.145. The molecule has 1 atom stereocenters. The molecule has 1 unspecified atom stereocenters. The van der Waals surface area contributed by atoms with Crippen molar-refractivity contribution < 1.29 is 24.2 Å². The lowest BCUT2D eigenvalue weighted by atomic mass is 10.1. The standard InChI is InChI=1S/C17H20N2O5/c1-23-13-2-3-15-14(8-13)11(9-18-15)6-16(20)19-4-5-24-10-12(19)7-17(21)22/h2-3,8-9,12,18H,4-7,10H2,1H3,(H,21,22). The molecule has 0 aliphatic carbocycles. The highest BCUT2D eigenvalue weighted by Gasteiger charge is 2.29. The van der Waals surface area contributed by atoms with Crippen LogP contribution in [0.25, 0.3) is 10.9 Å². The Hall–Kier alpha value is -2.54. The van der Waals surface area contributed by atoms with E-state index in [-0.39, 0.29) is 25.4 Å². The third-order valence-electron chi connectivity index (χ3n) is 4.27. The molecule has 1 amide bonds. The number of nitrogens with zero attached hydrogens (tertiary/aromatic N) is 1. The van der Waals surface area contributed by atoms with Crippen molar-refractivity contribution in [2.75, 3.05) is 26.9 Å². The van der Waals surface area contributed by atoms with Gasteiger partial charge in [0.1, 0.15) is 5.75 Å². The number of carbonyl (C=O) groups excluding carboxylic acids is 1. The SMILES string of the molecule is COc1ccc2[nH]cc(CC(=O)N3CCOCC3CC(=O)O)c2c1. The molecule has 24 heavy (non-hydrogen) atoms. The second-order valence-corrected chi connectivity index (χ2v) is 5.82. The molecule has 1 aliphatic rings. The Balaban J connectivity index is 1.79. The second kappa shape index (κ2) is 6.92. The van der Waals surface area contributed by atoms with Crippen molar-refractivity contribution >= 4 is 22.8 Å². The smallest absolute Gasteiger partial charge is 0.305 e. The number of morpholine rings is 1. The minimum absolute atomic E-state index is 0.0896. The summed E-state index contributed by atoms with van der Waals surface area (Å²) in [6.45, 7) is 1.12. The number of carboxylic acids is 1. The fourth-order valence-electron chi connectivity index (χ4n) is 3.05. The van der Waals surface area contributed by atoms with Crippen LogP contribution in [0, 0.1) is 0 Å². The number of rotatable bonds is 5. The van der Waals surface area contributed by atoms with E-state index in [1.807, 2.05) is 24.4 Å². The molecule has 0 spiro atoms. The van der Waals surface area contributed by atoms with Crippen LogP contribution >= 0.6 is 0 Å². The number of H-pyrrole nitrogens is 1. The van der Waals surface area contributed by atoms with E-state index >= 15 is 0 Å². The van der Waals surface area contributed by atoms with E-state index in [4.69, 9.17) is 14.6 Å². The maximum absolute atomic E-state index is 12.7. The Morgan fingerprint density at radius 2 is 2.29 bits per heavy atom. The van der Waals surface area contributed by atoms with E-state index in [1.54, 1.807) is 12.0 Å². The summed E-state index contributed by atoms with van der Waals surface area (Å²) in [4.78, 5) is 28.4. The molecule has 7 nitrogen and oxygen atoms in total. The number of carboxylic acid groups (broad SMARTS) is 1. The van der Waals surface area contributed by atoms with Crippen LogP contribution in [-0.4, -0.2) is 59.8 Å². The molecule has 2 aromatic rings. The van der Waals surface area contributed by atoms with Crippen LogP contribution in [0.4, 0.5) is 0 Å². The predicted molar refractivity (Wildman–Crippen MR) is 87.1 cm³/mol. The highest BCUT2D eigenvalue weighted by Crippen LogP contribution is 2.25. The van der Waals surface area contributed by atoms with Crippen molar-refractivity contribution in [3.8, 4) is 5.75 Å². The molecule has 1 saturated heterocycles. The third-order valence-corrected chi connectivity index (χ3v) is 4.27. The molecule has 0 bridgehead atoms. The average molecular weight is 332 g/mol. The van der Waals surface area contributed by atoms with Crippen LogP contribution in [0.2, 0.25) is 0 Å². The van der Waals surface area contributed by atoms with Gasteiger partial charge in [0.2, 0.25) is 5.91 Å². The van der Waals surface area contributed by atoms with E-state index in [9.17, 15) is 9.59 Å². The number of fused-ring (bicyclic) bond motifs is 1. The van der Waals surface area contributed by atoms with Gasteiger partial charge in [0.05, 0.1) is 39.2 Å². The van der Waals surface area contributed by atoms with Crippen molar-refractivity contribution in [2.45, 2.75) is 18.9 Å². The molecule has 3 rings (SSSR count). The number of carbonyl (C=O) groups is 2. The number of aliphatic carboxylic acids is 1. The Labute approximate surface area is 139 Å². The number of benzene rings is 1. The number of aromatic nitrogens is 1. The number of hydrogen-bond donors (Lipinski definition) is 2. The number of nitrogens with one attached hydrogen (secondary N) is 1. The molecule has 128 valence electrons. The van der Waals surface area contributed by atoms with Crippen LogP contribution in [0.5, 0.6) is 5.75 Å². The molecular weight excluding hydrogens is 312 g/mol. The average Bonchev–Trinajstić information content (AvgIpc) is 2.96. The largest absolute Gasteiger partial charge is 0.497 e. The summed E-state index contributed by atoms with van der Waals surface area (Å²) in [7, 11) is 1.60. The molecule has 7 heteroatoms. The van der Waals surface area contributed by atoms with Gasteiger partial charge in [0.15, 0.2) is 0 Å². The summed E-state index contributed by atoms with van der Waals surface area (Å²) in [5.41, 5.74) is 1.80. The lowest BCUT2D eigenvalue weighted by Crippen LogP contribution is -2.50. The Bertz CT molecular complexity index is 755. The minimum Gasteiger partial charge on any atom is -0.497 e. The van der Waals surface area contributed by atoms with Crippen molar-refractivity contribution in [1.82, 2.24) is 9.88 Å². The first-order valence-electron chi connectivity index (χ1n) is 7.81. The maximum atomic E-state index is 12.7. The van der Waals surface area contributed by atoms with Gasteiger partial charge >= 0.3 is 5.97 Å². The van der Waals surface area contributed by atoms with Gasteiger partial charge in [-0.15, -0.1) is 0 Å². The zero-order valence-corrected chi connectivity index (χ0v) is 13.4. The van der Waals surface area contributed by atoms with Gasteiger partial charge in [-0.1, -0.05) is 0 Å². The van der Waals surface area contributed by atoms with E-state index in [0.717, 1.165) is 22.2 Å². The van der Waals surface area contributed by atoms with E-state index in [0.29, 0.717) is 13.2 Å². The summed E-state index contributed by atoms with van der Waals surface area (Å²) < 4.78 is 10.6. The van der Waals surface area contributed by atoms with Crippen molar-refractivity contribution in [2.24, 2.45) is 0 Å². The summed E-state index contributed by atoms with van der Waals surface area (Å²) >= 11 is 0. The second-order valence-electron chi connectivity index (χ2n) is 5.82. The monoisotopic (exact) mass is 332 g/mol. The van der Waals surface area contributed by atoms with Gasteiger partial charge < -0.3 is 24.5 Å². The zero-order chi connectivity index (χ0) is 17.1. The fraction of sp³-hybridized carbons (Fsp3) is 0.412. The minimum atomic E-state index is -0.930. The quantitative estimate of drug-likeness (QED) is 0.864. The summed E-state index contributed by atoms with van der Waals surface area (Å²) in [5, 5.41) is 9.94. The van der Waals surface area contributed by atoms with Gasteiger partial charge in [-0.25, -0.2) is 0 Å². The highest BCUT2D eigenvalue weighted by molar-refractivity contribution is 5.90. The molecule has 1 fully saturated rings. The Kier molecular flexibility index (Phi) is 4.71. The Morgan fingerprint density at radius 3 is 3.04 bits per heavy atom. The maximum Gasteiger partial charge on any atom is 0.305 e. The summed E-state index contributed by atoms with van der Waals surface area (Å²) in [6, 6.07) is 5.24. The summed E-state index contributed by atoms with van der Waals surface area (Å²) in [6.07, 6.45) is 1.92. The molecule has 0 saturated carbocycles. The Morgan fingerprint density at radius 1 is 1.46 bits per heavy atom. The molecular formula is C17H20N2O5. The third kappa shape index (κ3) is 3.35. The van der Waals surface area contributed by atoms with Crippen LogP contribution in [0.15, 0.2) is 24.4 Å². The molecule has 1 aromatic heterocycles. The normalized spacial score (nSPS) is 17.9. The first-order valence-corrected chi connectivity index (χ1v) is 7.81. The van der Waals surface area contributed by atoms with Crippen LogP contribution in [0.1, 0.15) is 12.0 Å². The number of ether oxygens (including phenoxy) is 2. The highest BCUT2D eigenvalue weighted by atomic mass is 16.5. The van der Waals surface area contributed by atoms with Crippen LogP contribution < -0.4 is 4.74 Å².